The Balaban J connectivity index is 0. The summed E-state index contributed by atoms with van der Waals surface area (Å²) in [5.41, 5.74) is 1.05. The Kier molecular flexibility index (Phi) is 11.3. The summed E-state index contributed by atoms with van der Waals surface area (Å²) in [5, 5.41) is 0.138. The Morgan fingerprint density at radius 2 is 1.83 bits per heavy atom. The van der Waals surface area contributed by atoms with Crippen LogP contribution in [0.15, 0.2) is 12.2 Å². The van der Waals surface area contributed by atoms with Crippen LogP contribution in [0.2, 0.25) is 0 Å². The third kappa shape index (κ3) is 32.1. The average molecular weight is 238 g/mol. The molecule has 0 aromatic heterocycles. The predicted molar refractivity (Wildman–Crippen MR) is 58.8 cm³/mol. The molecular weight excluding hydrogens is 218 g/mol. The summed E-state index contributed by atoms with van der Waals surface area (Å²) < 4.78 is 5.12. The Bertz CT molecular complexity index is 110. The second kappa shape index (κ2) is 9.23. The van der Waals surface area contributed by atoms with Crippen molar-refractivity contribution in [3.05, 3.63) is 12.2 Å². The van der Waals surface area contributed by atoms with Crippen LogP contribution in [0, 0.1) is 0 Å². The van der Waals surface area contributed by atoms with E-state index in [1.165, 1.54) is 0 Å². The maximum Gasteiger partial charge on any atom is 0.110 e. The minimum atomic E-state index is 0.138. The summed E-state index contributed by atoms with van der Waals surface area (Å²) in [6.07, 6.45) is 0. The Morgan fingerprint density at radius 1 is 1.50 bits per heavy atom. The Labute approximate surface area is 84.7 Å². The topological polar surface area (TPSA) is 12.5 Å². The van der Waals surface area contributed by atoms with Crippen molar-refractivity contribution in [1.29, 1.82) is 0 Å². The summed E-state index contributed by atoms with van der Waals surface area (Å²) in [6.45, 7) is 8.20. The zero-order valence-electron chi connectivity index (χ0n) is 8.72. The number of hydrogen-bond donors (Lipinski definition) is 0. The molecule has 0 radical (unpaired) electrons. The molecule has 1 atom stereocenters. The molecule has 0 aliphatic heterocycles. The number of alkyl halides is 1. The lowest BCUT2D eigenvalue weighted by molar-refractivity contribution is 0.150. The van der Waals surface area contributed by atoms with Crippen molar-refractivity contribution in [2.24, 2.45) is 0 Å². The molecule has 0 bridgehead atoms. The van der Waals surface area contributed by atoms with E-state index in [0.717, 1.165) is 5.57 Å². The SMILES string of the molecule is C=C(C)COC(C)Br.CN(C)C. The van der Waals surface area contributed by atoms with Crippen molar-refractivity contribution in [3.63, 3.8) is 0 Å². The van der Waals surface area contributed by atoms with Crippen LogP contribution in [-0.4, -0.2) is 37.7 Å². The molecule has 1 unspecified atom stereocenters. The quantitative estimate of drug-likeness (QED) is 0.553. The second-order valence-corrected chi connectivity index (χ2v) is 4.44. The van der Waals surface area contributed by atoms with Gasteiger partial charge in [0.1, 0.15) is 5.01 Å². The van der Waals surface area contributed by atoms with Gasteiger partial charge in [-0.3, -0.25) is 0 Å². The van der Waals surface area contributed by atoms with Crippen molar-refractivity contribution in [3.8, 4) is 0 Å². The van der Waals surface area contributed by atoms with Crippen LogP contribution < -0.4 is 0 Å². The molecular formula is C9H20BrNO. The fourth-order valence-corrected chi connectivity index (χ4v) is 0.389. The van der Waals surface area contributed by atoms with E-state index in [4.69, 9.17) is 4.74 Å². The van der Waals surface area contributed by atoms with Gasteiger partial charge in [0.2, 0.25) is 0 Å². The van der Waals surface area contributed by atoms with Crippen molar-refractivity contribution in [1.82, 2.24) is 4.90 Å². The monoisotopic (exact) mass is 237 g/mol. The lowest BCUT2D eigenvalue weighted by Gasteiger charge is -2.03. The molecule has 0 saturated heterocycles. The lowest BCUT2D eigenvalue weighted by Crippen LogP contribution is -2.00. The van der Waals surface area contributed by atoms with Crippen LogP contribution in [0.25, 0.3) is 0 Å². The molecule has 74 valence electrons. The van der Waals surface area contributed by atoms with E-state index in [9.17, 15) is 0 Å². The molecule has 0 aromatic carbocycles. The fourth-order valence-electron chi connectivity index (χ4n) is 0.257. The predicted octanol–water partition coefficient (Wildman–Crippen LogP) is 2.50. The molecule has 0 N–H and O–H groups in total. The summed E-state index contributed by atoms with van der Waals surface area (Å²) in [5.74, 6) is 0. The summed E-state index contributed by atoms with van der Waals surface area (Å²) in [7, 11) is 6.00. The van der Waals surface area contributed by atoms with Crippen molar-refractivity contribution < 1.29 is 4.74 Å². The normalized spacial score (nSPS) is 11.9. The lowest BCUT2D eigenvalue weighted by atomic mass is 10.4. The van der Waals surface area contributed by atoms with E-state index in [1.807, 2.05) is 39.9 Å². The third-order valence-corrected chi connectivity index (χ3v) is 0.824. The van der Waals surface area contributed by atoms with Gasteiger partial charge in [0.05, 0.1) is 6.61 Å². The van der Waals surface area contributed by atoms with E-state index in [2.05, 4.69) is 22.5 Å². The van der Waals surface area contributed by atoms with Crippen molar-refractivity contribution in [2.45, 2.75) is 18.9 Å². The maximum absolute atomic E-state index is 5.12. The number of nitrogens with zero attached hydrogens (tertiary/aromatic N) is 1. The molecule has 0 fully saturated rings. The van der Waals surface area contributed by atoms with Crippen molar-refractivity contribution >= 4 is 15.9 Å². The highest BCUT2D eigenvalue weighted by Crippen LogP contribution is 2.00. The minimum absolute atomic E-state index is 0.138. The van der Waals surface area contributed by atoms with E-state index in [-0.39, 0.29) is 5.01 Å². The smallest absolute Gasteiger partial charge is 0.110 e. The molecule has 0 spiro atoms. The van der Waals surface area contributed by atoms with Crippen molar-refractivity contribution in [2.75, 3.05) is 27.7 Å². The van der Waals surface area contributed by atoms with Crippen LogP contribution in [-0.2, 0) is 4.74 Å². The molecule has 0 saturated carbocycles. The highest BCUT2D eigenvalue weighted by molar-refractivity contribution is 9.09. The van der Waals surface area contributed by atoms with Crippen LogP contribution in [0.5, 0.6) is 0 Å². The molecule has 3 heteroatoms. The maximum atomic E-state index is 5.12. The van der Waals surface area contributed by atoms with Crippen LogP contribution in [0.1, 0.15) is 13.8 Å². The standard InChI is InChI=1S/C6H11BrO.C3H9N/c1-5(2)4-8-6(3)7;1-4(2)3/h6H,1,4H2,2-3H3;1-3H3. The van der Waals surface area contributed by atoms with Gasteiger partial charge in [-0.1, -0.05) is 28.1 Å². The first-order valence-corrected chi connectivity index (χ1v) is 4.78. The molecule has 0 aliphatic rings. The number of rotatable bonds is 3. The molecule has 0 heterocycles. The second-order valence-electron chi connectivity index (χ2n) is 3.15. The minimum Gasteiger partial charge on any atom is -0.363 e. The summed E-state index contributed by atoms with van der Waals surface area (Å²) >= 11 is 3.24. The summed E-state index contributed by atoms with van der Waals surface area (Å²) in [4.78, 5) is 2.00. The first kappa shape index (κ1) is 14.7. The molecule has 12 heavy (non-hydrogen) atoms. The zero-order valence-corrected chi connectivity index (χ0v) is 10.3. The Morgan fingerprint density at radius 3 is 1.92 bits per heavy atom. The Hall–Kier alpha value is 0.140. The number of ether oxygens (including phenoxy) is 1. The van der Waals surface area contributed by atoms with Gasteiger partial charge < -0.3 is 9.64 Å². The van der Waals surface area contributed by atoms with Crippen LogP contribution >= 0.6 is 15.9 Å². The number of hydrogen-bond acceptors (Lipinski definition) is 2. The molecule has 0 aliphatic carbocycles. The first-order valence-electron chi connectivity index (χ1n) is 3.87. The zero-order chi connectivity index (χ0) is 10.1. The first-order chi connectivity index (χ1) is 5.36. The van der Waals surface area contributed by atoms with Crippen LogP contribution in [0.4, 0.5) is 0 Å². The van der Waals surface area contributed by atoms with Gasteiger partial charge in [-0.25, -0.2) is 0 Å². The van der Waals surface area contributed by atoms with Gasteiger partial charge in [-0.05, 0) is 35.0 Å². The van der Waals surface area contributed by atoms with Gasteiger partial charge in [-0.2, -0.15) is 0 Å². The molecule has 0 aromatic rings. The van der Waals surface area contributed by atoms with E-state index in [1.54, 1.807) is 0 Å². The van der Waals surface area contributed by atoms with E-state index < -0.39 is 0 Å². The number of halogens is 1. The highest BCUT2D eigenvalue weighted by atomic mass is 79.9. The van der Waals surface area contributed by atoms with Gasteiger partial charge in [-0.15, -0.1) is 0 Å². The largest absolute Gasteiger partial charge is 0.363 e. The highest BCUT2D eigenvalue weighted by Gasteiger charge is 1.91. The fraction of sp³-hybridized carbons (Fsp3) is 0.778. The van der Waals surface area contributed by atoms with E-state index in [0.29, 0.717) is 6.61 Å². The van der Waals surface area contributed by atoms with Gasteiger partial charge in [0.25, 0.3) is 0 Å². The van der Waals surface area contributed by atoms with Gasteiger partial charge in [0, 0.05) is 0 Å². The molecule has 0 amide bonds. The molecule has 2 nitrogen and oxygen atoms in total. The van der Waals surface area contributed by atoms with Gasteiger partial charge in [0.15, 0.2) is 0 Å². The van der Waals surface area contributed by atoms with E-state index >= 15 is 0 Å². The third-order valence-electron chi connectivity index (χ3n) is 0.559. The van der Waals surface area contributed by atoms with Crippen LogP contribution in [0.3, 0.4) is 0 Å². The van der Waals surface area contributed by atoms with Gasteiger partial charge >= 0.3 is 0 Å². The molecule has 0 rings (SSSR count). The summed E-state index contributed by atoms with van der Waals surface area (Å²) in [6, 6.07) is 0. The average Bonchev–Trinajstić information content (AvgIpc) is 1.82.